The number of pyridine rings is 1. The fourth-order valence-electron chi connectivity index (χ4n) is 4.81. The number of carbonyl (C=O) groups is 2. The monoisotopic (exact) mass is 411 g/mol. The van der Waals surface area contributed by atoms with Gasteiger partial charge in [-0.2, -0.15) is 0 Å². The second-order valence-electron chi connectivity index (χ2n) is 9.35. The molecule has 2 aromatic rings. The van der Waals surface area contributed by atoms with Gasteiger partial charge in [0, 0.05) is 36.4 Å². The molecule has 0 bridgehead atoms. The zero-order valence-corrected chi connectivity index (χ0v) is 18.0. The standard InChI is InChI=1S/C23H29N3O4/c1-13(27)19-18(25-10-14(9-24-4)23(2,3)12-25)8-7-16-20(19)26(15-5-6-15)11-17(21(16)28)22(29)30/h7-8,11,14-15,24H,5-6,9-10,12H2,1-4H3,(H,29,30). The van der Waals surface area contributed by atoms with Crippen molar-refractivity contribution in [1.82, 2.24) is 9.88 Å². The zero-order chi connectivity index (χ0) is 21.8. The van der Waals surface area contributed by atoms with Crippen molar-refractivity contribution in [2.24, 2.45) is 11.3 Å². The van der Waals surface area contributed by atoms with Crippen LogP contribution in [0.4, 0.5) is 5.69 Å². The lowest BCUT2D eigenvalue weighted by Crippen LogP contribution is -2.30. The number of hydrogen-bond acceptors (Lipinski definition) is 5. The first-order valence-corrected chi connectivity index (χ1v) is 10.5. The Labute approximate surface area is 175 Å². The van der Waals surface area contributed by atoms with Crippen LogP contribution in [-0.2, 0) is 0 Å². The van der Waals surface area contributed by atoms with Crippen molar-refractivity contribution in [3.63, 3.8) is 0 Å². The largest absolute Gasteiger partial charge is 0.477 e. The predicted molar refractivity (Wildman–Crippen MR) is 117 cm³/mol. The molecule has 1 aromatic heterocycles. The molecule has 1 atom stereocenters. The number of aromatic nitrogens is 1. The van der Waals surface area contributed by atoms with Crippen LogP contribution in [0.25, 0.3) is 10.9 Å². The minimum atomic E-state index is -1.24. The normalized spacial score (nSPS) is 20.7. The van der Waals surface area contributed by atoms with Gasteiger partial charge in [-0.05, 0) is 56.8 Å². The number of ketones is 1. The molecule has 2 heterocycles. The number of nitrogens with one attached hydrogen (secondary N) is 1. The number of carboxylic acids is 1. The van der Waals surface area contributed by atoms with E-state index in [-0.39, 0.29) is 22.8 Å². The Morgan fingerprint density at radius 2 is 1.97 bits per heavy atom. The highest BCUT2D eigenvalue weighted by molar-refractivity contribution is 6.11. The molecule has 0 radical (unpaired) electrons. The number of rotatable bonds is 6. The van der Waals surface area contributed by atoms with Gasteiger partial charge in [0.2, 0.25) is 5.43 Å². The Hall–Kier alpha value is -2.67. The van der Waals surface area contributed by atoms with E-state index >= 15 is 0 Å². The summed E-state index contributed by atoms with van der Waals surface area (Å²) in [6.45, 7) is 8.52. The first kappa shape index (κ1) is 20.6. The van der Waals surface area contributed by atoms with E-state index in [1.165, 1.54) is 13.1 Å². The number of aromatic carboxylic acids is 1. The fraction of sp³-hybridized carbons (Fsp3) is 0.522. The summed E-state index contributed by atoms with van der Waals surface area (Å²) in [5, 5.41) is 13.1. The van der Waals surface area contributed by atoms with Crippen LogP contribution in [0, 0.1) is 11.3 Å². The van der Waals surface area contributed by atoms with Crippen LogP contribution in [0.2, 0.25) is 0 Å². The van der Waals surface area contributed by atoms with Crippen molar-refractivity contribution >= 4 is 28.3 Å². The SMILES string of the molecule is CNCC1CN(c2ccc3c(=O)c(C(=O)O)cn(C4CC4)c3c2C(C)=O)CC1(C)C. The number of Topliss-reactive ketones (excluding diaryl/α,β-unsaturated/α-hetero) is 1. The van der Waals surface area contributed by atoms with Crippen LogP contribution in [0.1, 0.15) is 60.4 Å². The molecule has 7 nitrogen and oxygen atoms in total. The number of benzene rings is 1. The number of nitrogens with zero attached hydrogens (tertiary/aromatic N) is 2. The van der Waals surface area contributed by atoms with E-state index in [1.54, 1.807) is 6.07 Å². The minimum Gasteiger partial charge on any atom is -0.477 e. The van der Waals surface area contributed by atoms with Crippen LogP contribution in [0.15, 0.2) is 23.1 Å². The molecular formula is C23H29N3O4. The summed E-state index contributed by atoms with van der Waals surface area (Å²) in [6.07, 6.45) is 3.26. The third-order valence-electron chi connectivity index (χ3n) is 6.63. The zero-order valence-electron chi connectivity index (χ0n) is 18.0. The Kier molecular flexibility index (Phi) is 4.97. The fourth-order valence-corrected chi connectivity index (χ4v) is 4.81. The van der Waals surface area contributed by atoms with Gasteiger partial charge in [0.25, 0.3) is 0 Å². The maximum absolute atomic E-state index is 12.9. The molecule has 2 N–H and O–H groups in total. The molecule has 1 saturated heterocycles. The highest BCUT2D eigenvalue weighted by Gasteiger charge is 2.40. The lowest BCUT2D eigenvalue weighted by molar-refractivity contribution is 0.0694. The maximum atomic E-state index is 12.9. The van der Waals surface area contributed by atoms with Crippen LogP contribution < -0.4 is 15.6 Å². The van der Waals surface area contributed by atoms with Gasteiger partial charge in [0.05, 0.1) is 11.1 Å². The van der Waals surface area contributed by atoms with Gasteiger partial charge in [-0.15, -0.1) is 0 Å². The highest BCUT2D eigenvalue weighted by Crippen LogP contribution is 2.42. The number of carboxylic acid groups (broad SMARTS) is 1. The lowest BCUT2D eigenvalue weighted by atomic mass is 9.82. The van der Waals surface area contributed by atoms with Crippen molar-refractivity contribution in [2.75, 3.05) is 31.6 Å². The molecule has 2 aliphatic rings. The second-order valence-corrected chi connectivity index (χ2v) is 9.35. The predicted octanol–water partition coefficient (Wildman–Crippen LogP) is 2.92. The van der Waals surface area contributed by atoms with Gasteiger partial charge in [-0.3, -0.25) is 9.59 Å². The topological polar surface area (TPSA) is 91.6 Å². The van der Waals surface area contributed by atoms with Gasteiger partial charge in [-0.1, -0.05) is 13.8 Å². The maximum Gasteiger partial charge on any atom is 0.341 e. The number of anilines is 1. The van der Waals surface area contributed by atoms with E-state index in [2.05, 4.69) is 24.1 Å². The van der Waals surface area contributed by atoms with Gasteiger partial charge in [0.15, 0.2) is 5.78 Å². The molecule has 0 spiro atoms. The van der Waals surface area contributed by atoms with Crippen LogP contribution >= 0.6 is 0 Å². The van der Waals surface area contributed by atoms with Gasteiger partial charge >= 0.3 is 5.97 Å². The van der Waals surface area contributed by atoms with Crippen molar-refractivity contribution < 1.29 is 14.7 Å². The van der Waals surface area contributed by atoms with E-state index in [0.717, 1.165) is 38.2 Å². The summed E-state index contributed by atoms with van der Waals surface area (Å²) < 4.78 is 1.85. The van der Waals surface area contributed by atoms with Crippen LogP contribution in [0.3, 0.4) is 0 Å². The summed E-state index contributed by atoms with van der Waals surface area (Å²) in [4.78, 5) is 39.6. The van der Waals surface area contributed by atoms with Gasteiger partial charge in [-0.25, -0.2) is 4.79 Å². The Morgan fingerprint density at radius 3 is 2.53 bits per heavy atom. The van der Waals surface area contributed by atoms with Crippen molar-refractivity contribution in [1.29, 1.82) is 0 Å². The number of hydrogen-bond donors (Lipinski definition) is 2. The second kappa shape index (κ2) is 7.23. The van der Waals surface area contributed by atoms with E-state index < -0.39 is 11.4 Å². The molecule has 1 aliphatic carbocycles. The molecule has 1 saturated carbocycles. The summed E-state index contributed by atoms with van der Waals surface area (Å²) in [5.74, 6) is -0.915. The summed E-state index contributed by atoms with van der Waals surface area (Å²) in [5.41, 5.74) is 1.24. The number of fused-ring (bicyclic) bond motifs is 1. The quantitative estimate of drug-likeness (QED) is 0.710. The van der Waals surface area contributed by atoms with E-state index in [0.29, 0.717) is 22.4 Å². The lowest BCUT2D eigenvalue weighted by Gasteiger charge is -2.26. The number of carbonyl (C=O) groups excluding carboxylic acids is 1. The summed E-state index contributed by atoms with van der Waals surface area (Å²) in [7, 11) is 1.95. The van der Waals surface area contributed by atoms with Crippen LogP contribution in [0.5, 0.6) is 0 Å². The molecule has 7 heteroatoms. The summed E-state index contributed by atoms with van der Waals surface area (Å²) in [6, 6.07) is 3.65. The Morgan fingerprint density at radius 1 is 1.27 bits per heavy atom. The third kappa shape index (κ3) is 3.31. The van der Waals surface area contributed by atoms with E-state index in [9.17, 15) is 19.5 Å². The smallest absolute Gasteiger partial charge is 0.341 e. The molecule has 0 amide bonds. The third-order valence-corrected chi connectivity index (χ3v) is 6.63. The van der Waals surface area contributed by atoms with E-state index in [4.69, 9.17) is 0 Å². The molecule has 160 valence electrons. The summed E-state index contributed by atoms with van der Waals surface area (Å²) >= 11 is 0. The minimum absolute atomic E-state index is 0.0787. The van der Waals surface area contributed by atoms with E-state index in [1.807, 2.05) is 17.7 Å². The average molecular weight is 412 g/mol. The van der Waals surface area contributed by atoms with Gasteiger partial charge < -0.3 is 19.9 Å². The van der Waals surface area contributed by atoms with Crippen molar-refractivity contribution in [3.8, 4) is 0 Å². The van der Waals surface area contributed by atoms with Crippen molar-refractivity contribution in [2.45, 2.75) is 39.7 Å². The molecular weight excluding hydrogens is 382 g/mol. The Balaban J connectivity index is 1.95. The Bertz CT molecular complexity index is 1100. The average Bonchev–Trinajstić information content (AvgIpc) is 3.46. The molecule has 4 rings (SSSR count). The first-order chi connectivity index (χ1) is 14.2. The van der Waals surface area contributed by atoms with Crippen molar-refractivity contribution in [3.05, 3.63) is 39.7 Å². The molecule has 1 aromatic carbocycles. The highest BCUT2D eigenvalue weighted by atomic mass is 16.4. The molecule has 2 fully saturated rings. The molecule has 1 aliphatic heterocycles. The molecule has 1 unspecified atom stereocenters. The molecule has 30 heavy (non-hydrogen) atoms. The van der Waals surface area contributed by atoms with Gasteiger partial charge in [0.1, 0.15) is 5.56 Å². The first-order valence-electron chi connectivity index (χ1n) is 10.5. The van der Waals surface area contributed by atoms with Crippen LogP contribution in [-0.4, -0.2) is 48.1 Å².